The van der Waals surface area contributed by atoms with Crippen LogP contribution in [0.3, 0.4) is 0 Å². The van der Waals surface area contributed by atoms with Gasteiger partial charge in [0.15, 0.2) is 0 Å². The van der Waals surface area contributed by atoms with E-state index < -0.39 is 0 Å². The zero-order valence-electron chi connectivity index (χ0n) is 17.7. The summed E-state index contributed by atoms with van der Waals surface area (Å²) in [7, 11) is 0. The predicted molar refractivity (Wildman–Crippen MR) is 133 cm³/mol. The van der Waals surface area contributed by atoms with E-state index >= 15 is 0 Å². The van der Waals surface area contributed by atoms with Gasteiger partial charge in [0.05, 0.1) is 11.4 Å². The van der Waals surface area contributed by atoms with Gasteiger partial charge in [-0.1, -0.05) is 24.3 Å². The van der Waals surface area contributed by atoms with Crippen LogP contribution in [0.2, 0.25) is 0 Å². The first-order valence-corrected chi connectivity index (χ1v) is 9.10. The molecule has 0 aliphatic heterocycles. The maximum absolute atomic E-state index is 7.15. The number of benzene rings is 2. The quantitative estimate of drug-likeness (QED) is 0.139. The van der Waals surface area contributed by atoms with E-state index in [1.165, 1.54) is 0 Å². The van der Waals surface area contributed by atoms with E-state index in [0.29, 0.717) is 36.1 Å². The average Bonchev–Trinajstić information content (AvgIpc) is 2.73. The highest BCUT2D eigenvalue weighted by Crippen LogP contribution is 2.16. The van der Waals surface area contributed by atoms with E-state index in [4.69, 9.17) is 31.8 Å². The molecule has 0 aromatic heterocycles. The molecule has 32 heavy (non-hydrogen) atoms. The highest BCUT2D eigenvalue weighted by molar-refractivity contribution is 6.00. The van der Waals surface area contributed by atoms with E-state index in [2.05, 4.69) is 21.1 Å². The van der Waals surface area contributed by atoms with Gasteiger partial charge in [0, 0.05) is 11.1 Å². The summed E-state index contributed by atoms with van der Waals surface area (Å²) in [6.45, 7) is 4.33. The number of halogens is 2. The first kappa shape index (κ1) is 28.5. The molecule has 174 valence electrons. The number of rotatable bonds is 9. The molecule has 0 fully saturated rings. The van der Waals surface area contributed by atoms with Crippen LogP contribution in [0, 0.1) is 10.8 Å². The largest absolute Gasteiger partial charge is 0.490 e. The fourth-order valence-electron chi connectivity index (χ4n) is 2.36. The molecule has 0 radical (unpaired) electrons. The van der Waals surface area contributed by atoms with Gasteiger partial charge in [0.1, 0.15) is 24.7 Å². The van der Waals surface area contributed by atoms with Gasteiger partial charge in [0.25, 0.3) is 0 Å². The number of nitrogens with one attached hydrogen (secondary N) is 4. The Morgan fingerprint density at radius 3 is 1.50 bits per heavy atom. The van der Waals surface area contributed by atoms with Crippen molar-refractivity contribution in [1.29, 1.82) is 10.8 Å². The van der Waals surface area contributed by atoms with Crippen molar-refractivity contribution in [3.8, 4) is 11.5 Å². The lowest BCUT2D eigenvalue weighted by molar-refractivity contribution is 0.217. The minimum atomic E-state index is -0.223. The van der Waals surface area contributed by atoms with E-state index in [1.807, 2.05) is 62.4 Å². The lowest BCUT2D eigenvalue weighted by atomic mass is 10.1. The zero-order valence-corrected chi connectivity index (χ0v) is 19.3. The van der Waals surface area contributed by atoms with E-state index in [1.54, 1.807) is 0 Å². The smallest absolute Gasteiger partial charge is 0.206 e. The summed E-state index contributed by atoms with van der Waals surface area (Å²) in [6, 6.07) is 14.9. The van der Waals surface area contributed by atoms with Crippen LogP contribution in [0.1, 0.15) is 25.0 Å². The molecule has 0 spiro atoms. The minimum absolute atomic E-state index is 0. The number of hydrazone groups is 2. The lowest BCUT2D eigenvalue weighted by Gasteiger charge is -2.10. The van der Waals surface area contributed by atoms with Crippen LogP contribution in [-0.2, 0) is 0 Å². The predicted octanol–water partition coefficient (Wildman–Crippen LogP) is 2.40. The SMILES string of the molecule is C/C(=N\NC(=N)N)c1cccc(OCCOc2cccc(/C(C)=N/NC(=N)N)c2)c1.Cl.Cl. The number of guanidine groups is 2. The molecular formula is C20H28Cl2N8O2. The van der Waals surface area contributed by atoms with Gasteiger partial charge in [-0.25, -0.2) is 10.9 Å². The van der Waals surface area contributed by atoms with Crippen LogP contribution < -0.4 is 31.8 Å². The minimum Gasteiger partial charge on any atom is -0.490 e. The maximum Gasteiger partial charge on any atom is 0.206 e. The third-order valence-corrected chi connectivity index (χ3v) is 3.81. The molecule has 0 saturated carbocycles. The Hall–Kier alpha value is -3.50. The van der Waals surface area contributed by atoms with Crippen molar-refractivity contribution in [2.75, 3.05) is 13.2 Å². The Morgan fingerprint density at radius 2 is 1.16 bits per heavy atom. The van der Waals surface area contributed by atoms with Crippen LogP contribution in [0.15, 0.2) is 58.7 Å². The monoisotopic (exact) mass is 482 g/mol. The van der Waals surface area contributed by atoms with Crippen LogP contribution >= 0.6 is 24.8 Å². The Morgan fingerprint density at radius 1 is 0.781 bits per heavy atom. The topological polar surface area (TPSA) is 167 Å². The highest BCUT2D eigenvalue weighted by Gasteiger charge is 2.03. The van der Waals surface area contributed by atoms with Crippen molar-refractivity contribution < 1.29 is 9.47 Å². The summed E-state index contributed by atoms with van der Waals surface area (Å²) in [4.78, 5) is 0. The highest BCUT2D eigenvalue weighted by atomic mass is 35.5. The second kappa shape index (κ2) is 14.5. The summed E-state index contributed by atoms with van der Waals surface area (Å²) in [5.74, 6) is 0.917. The van der Waals surface area contributed by atoms with Crippen LogP contribution in [-0.4, -0.2) is 36.6 Å². The molecule has 0 bridgehead atoms. The number of hydrogen-bond acceptors (Lipinski definition) is 6. The van der Waals surface area contributed by atoms with E-state index in [0.717, 1.165) is 11.1 Å². The van der Waals surface area contributed by atoms with Gasteiger partial charge in [-0.2, -0.15) is 10.2 Å². The fraction of sp³-hybridized carbons (Fsp3) is 0.200. The second-order valence-electron chi connectivity index (χ2n) is 6.20. The molecule has 8 N–H and O–H groups in total. The first-order chi connectivity index (χ1) is 14.3. The number of hydrogen-bond donors (Lipinski definition) is 6. The maximum atomic E-state index is 7.15. The summed E-state index contributed by atoms with van der Waals surface area (Å²) in [5.41, 5.74) is 18.4. The van der Waals surface area contributed by atoms with Gasteiger partial charge in [-0.15, -0.1) is 24.8 Å². The van der Waals surface area contributed by atoms with Gasteiger partial charge in [-0.3, -0.25) is 10.8 Å². The average molecular weight is 483 g/mol. The first-order valence-electron chi connectivity index (χ1n) is 9.10. The van der Waals surface area contributed by atoms with E-state index in [-0.39, 0.29) is 36.7 Å². The fourth-order valence-corrected chi connectivity index (χ4v) is 2.36. The van der Waals surface area contributed by atoms with Crippen molar-refractivity contribution >= 4 is 48.2 Å². The molecule has 2 aromatic rings. The van der Waals surface area contributed by atoms with Crippen molar-refractivity contribution in [3.63, 3.8) is 0 Å². The number of nitrogens with two attached hydrogens (primary N) is 2. The van der Waals surface area contributed by atoms with Crippen LogP contribution in [0.5, 0.6) is 11.5 Å². The number of ether oxygens (including phenoxy) is 2. The Balaban J connectivity index is 0.00000480. The summed E-state index contributed by atoms with van der Waals surface area (Å²) < 4.78 is 11.5. The molecule has 0 heterocycles. The van der Waals surface area contributed by atoms with Crippen molar-refractivity contribution in [2.45, 2.75) is 13.8 Å². The molecule has 0 amide bonds. The molecule has 12 heteroatoms. The van der Waals surface area contributed by atoms with Gasteiger partial charge >= 0.3 is 0 Å². The van der Waals surface area contributed by atoms with Crippen LogP contribution in [0.25, 0.3) is 0 Å². The van der Waals surface area contributed by atoms with Gasteiger partial charge < -0.3 is 20.9 Å². The molecule has 10 nitrogen and oxygen atoms in total. The number of nitrogens with zero attached hydrogens (tertiary/aromatic N) is 2. The van der Waals surface area contributed by atoms with Crippen molar-refractivity contribution in [3.05, 3.63) is 59.7 Å². The molecule has 0 saturated heterocycles. The van der Waals surface area contributed by atoms with Gasteiger partial charge in [-0.05, 0) is 38.1 Å². The Labute approximate surface area is 199 Å². The molecule has 0 aliphatic carbocycles. The molecule has 0 unspecified atom stereocenters. The molecule has 0 aliphatic rings. The Bertz CT molecular complexity index is 889. The third-order valence-electron chi connectivity index (χ3n) is 3.81. The van der Waals surface area contributed by atoms with Crippen molar-refractivity contribution in [2.24, 2.45) is 21.7 Å². The normalized spacial score (nSPS) is 10.8. The summed E-state index contributed by atoms with van der Waals surface area (Å²) in [6.07, 6.45) is 0. The standard InChI is InChI=1S/C20H26N8O2.2ClH/c1-13(25-27-19(21)22)15-5-3-7-17(11-15)29-9-10-30-18-8-4-6-16(12-18)14(2)26-28-20(23)24;;/h3-8,11-12H,9-10H2,1-2H3,(H4,21,22,27)(H4,23,24,28);2*1H/b25-13+,26-14+;;. The molecule has 2 rings (SSSR count). The molecular weight excluding hydrogens is 455 g/mol. The van der Waals surface area contributed by atoms with Gasteiger partial charge in [0.2, 0.25) is 11.9 Å². The summed E-state index contributed by atoms with van der Waals surface area (Å²) >= 11 is 0. The zero-order chi connectivity index (χ0) is 21.9. The van der Waals surface area contributed by atoms with Crippen LogP contribution in [0.4, 0.5) is 0 Å². The molecule has 0 atom stereocenters. The molecule has 2 aromatic carbocycles. The van der Waals surface area contributed by atoms with E-state index in [9.17, 15) is 0 Å². The third kappa shape index (κ3) is 10.0. The lowest BCUT2D eigenvalue weighted by Crippen LogP contribution is -2.26. The Kier molecular flexibility index (Phi) is 12.9. The second-order valence-corrected chi connectivity index (χ2v) is 6.20. The summed E-state index contributed by atoms with van der Waals surface area (Å²) in [5, 5.41) is 22.3. The van der Waals surface area contributed by atoms with Crippen molar-refractivity contribution in [1.82, 2.24) is 10.9 Å².